The molecule has 0 saturated carbocycles. The van der Waals surface area contributed by atoms with Crippen molar-refractivity contribution in [1.29, 1.82) is 0 Å². The molecule has 2 aromatic rings. The number of nitrogens with zero attached hydrogens (tertiary/aromatic N) is 2. The molecular formula is C23H33IN4O2S. The van der Waals surface area contributed by atoms with E-state index in [-0.39, 0.29) is 24.0 Å². The van der Waals surface area contributed by atoms with Crippen molar-refractivity contribution in [3.63, 3.8) is 0 Å². The van der Waals surface area contributed by atoms with Gasteiger partial charge < -0.3 is 10.6 Å². The van der Waals surface area contributed by atoms with Gasteiger partial charge in [0.2, 0.25) is 0 Å². The van der Waals surface area contributed by atoms with E-state index in [4.69, 9.17) is 0 Å². The van der Waals surface area contributed by atoms with Crippen LogP contribution in [0.1, 0.15) is 30.9 Å². The maximum absolute atomic E-state index is 11.6. The van der Waals surface area contributed by atoms with Crippen molar-refractivity contribution in [1.82, 2.24) is 15.5 Å². The molecule has 1 atom stereocenters. The van der Waals surface area contributed by atoms with Crippen molar-refractivity contribution >= 4 is 39.8 Å². The van der Waals surface area contributed by atoms with Gasteiger partial charge in [0, 0.05) is 31.9 Å². The van der Waals surface area contributed by atoms with Crippen molar-refractivity contribution in [2.75, 3.05) is 25.9 Å². The maximum Gasteiger partial charge on any atom is 0.191 e. The molecule has 8 heteroatoms. The summed E-state index contributed by atoms with van der Waals surface area (Å²) < 4.78 is 23.2. The Balaban J connectivity index is 0.00000341. The van der Waals surface area contributed by atoms with Crippen LogP contribution in [0.25, 0.3) is 0 Å². The lowest BCUT2D eigenvalue weighted by molar-refractivity contribution is 0.245. The standard InChI is InChI=1S/C23H32N4O2S.HI/c1-3-24-23(25-16-19-11-13-22(14-12-19)30(2,28)29)26-17-21-10-7-15-27(21)18-20-8-5-4-6-9-20;/h4-6,8-9,11-14,21H,3,7,10,15-18H2,1-2H3,(H2,24,25,26);1H. The highest BCUT2D eigenvalue weighted by Gasteiger charge is 2.24. The molecule has 31 heavy (non-hydrogen) atoms. The van der Waals surface area contributed by atoms with E-state index in [9.17, 15) is 8.42 Å². The SMILES string of the molecule is CCNC(=NCc1ccc(S(C)(=O)=O)cc1)NCC1CCCN1Cc1ccccc1.I. The van der Waals surface area contributed by atoms with Crippen LogP contribution in [0, 0.1) is 0 Å². The Morgan fingerprint density at radius 1 is 1.06 bits per heavy atom. The quantitative estimate of drug-likeness (QED) is 0.296. The Kier molecular flexibility index (Phi) is 10.2. The fourth-order valence-electron chi connectivity index (χ4n) is 3.72. The van der Waals surface area contributed by atoms with Crippen LogP contribution in [0.4, 0.5) is 0 Å². The third kappa shape index (κ3) is 8.08. The van der Waals surface area contributed by atoms with Crippen LogP contribution < -0.4 is 10.6 Å². The topological polar surface area (TPSA) is 73.8 Å². The molecule has 170 valence electrons. The van der Waals surface area contributed by atoms with E-state index in [1.54, 1.807) is 12.1 Å². The van der Waals surface area contributed by atoms with Crippen LogP contribution >= 0.6 is 24.0 Å². The van der Waals surface area contributed by atoms with E-state index in [0.717, 1.165) is 37.7 Å². The second kappa shape index (κ2) is 12.4. The van der Waals surface area contributed by atoms with Crippen LogP contribution in [0.3, 0.4) is 0 Å². The number of halogens is 1. The lowest BCUT2D eigenvalue weighted by Crippen LogP contribution is -2.44. The number of aliphatic imine (C=N–C) groups is 1. The summed E-state index contributed by atoms with van der Waals surface area (Å²) in [4.78, 5) is 7.54. The summed E-state index contributed by atoms with van der Waals surface area (Å²) >= 11 is 0. The molecule has 1 heterocycles. The van der Waals surface area contributed by atoms with Gasteiger partial charge in [0.05, 0.1) is 11.4 Å². The minimum atomic E-state index is -3.17. The number of hydrogen-bond acceptors (Lipinski definition) is 4. The van der Waals surface area contributed by atoms with Gasteiger partial charge in [0.1, 0.15) is 0 Å². The Morgan fingerprint density at radius 2 is 1.77 bits per heavy atom. The molecule has 1 unspecified atom stereocenters. The molecule has 1 fully saturated rings. The molecule has 2 N–H and O–H groups in total. The van der Waals surface area contributed by atoms with Crippen LogP contribution in [0.2, 0.25) is 0 Å². The molecule has 0 spiro atoms. The second-order valence-electron chi connectivity index (χ2n) is 7.74. The lowest BCUT2D eigenvalue weighted by atomic mass is 10.2. The fraction of sp³-hybridized carbons (Fsp3) is 0.435. The first-order chi connectivity index (χ1) is 14.5. The summed E-state index contributed by atoms with van der Waals surface area (Å²) in [6.45, 7) is 6.30. The van der Waals surface area contributed by atoms with E-state index >= 15 is 0 Å². The fourth-order valence-corrected chi connectivity index (χ4v) is 4.35. The van der Waals surface area contributed by atoms with Gasteiger partial charge in [-0.25, -0.2) is 13.4 Å². The summed E-state index contributed by atoms with van der Waals surface area (Å²) in [5, 5.41) is 6.79. The first-order valence-corrected chi connectivity index (χ1v) is 12.4. The molecular weight excluding hydrogens is 523 g/mol. The molecule has 2 aromatic carbocycles. The van der Waals surface area contributed by atoms with Crippen molar-refractivity contribution in [3.05, 3.63) is 65.7 Å². The van der Waals surface area contributed by atoms with Gasteiger partial charge in [-0.2, -0.15) is 0 Å². The highest BCUT2D eigenvalue weighted by molar-refractivity contribution is 14.0. The Hall–Kier alpha value is -1.65. The number of nitrogens with one attached hydrogen (secondary N) is 2. The smallest absolute Gasteiger partial charge is 0.191 e. The molecule has 0 bridgehead atoms. The van der Waals surface area contributed by atoms with Crippen LogP contribution in [-0.2, 0) is 22.9 Å². The lowest BCUT2D eigenvalue weighted by Gasteiger charge is -2.25. The van der Waals surface area contributed by atoms with E-state index in [2.05, 4.69) is 57.8 Å². The van der Waals surface area contributed by atoms with Crippen molar-refractivity contribution in [2.45, 2.75) is 43.8 Å². The average Bonchev–Trinajstić information content (AvgIpc) is 3.17. The number of rotatable bonds is 8. The first-order valence-electron chi connectivity index (χ1n) is 10.5. The summed E-state index contributed by atoms with van der Waals surface area (Å²) in [6, 6.07) is 18.0. The predicted molar refractivity (Wildman–Crippen MR) is 138 cm³/mol. The van der Waals surface area contributed by atoms with E-state index in [1.807, 2.05) is 12.1 Å². The molecule has 1 aliphatic heterocycles. The normalized spacial score (nSPS) is 17.2. The first kappa shape index (κ1) is 25.6. The monoisotopic (exact) mass is 556 g/mol. The highest BCUT2D eigenvalue weighted by atomic mass is 127. The largest absolute Gasteiger partial charge is 0.357 e. The van der Waals surface area contributed by atoms with Gasteiger partial charge >= 0.3 is 0 Å². The molecule has 6 nitrogen and oxygen atoms in total. The highest BCUT2D eigenvalue weighted by Crippen LogP contribution is 2.19. The molecule has 0 radical (unpaired) electrons. The van der Waals surface area contributed by atoms with Gasteiger partial charge in [-0.15, -0.1) is 24.0 Å². The Morgan fingerprint density at radius 3 is 2.42 bits per heavy atom. The minimum absolute atomic E-state index is 0. The molecule has 0 aliphatic carbocycles. The molecule has 0 aromatic heterocycles. The summed E-state index contributed by atoms with van der Waals surface area (Å²) in [5.74, 6) is 0.788. The predicted octanol–water partition coefficient (Wildman–Crippen LogP) is 3.43. The van der Waals surface area contributed by atoms with Gasteiger partial charge in [0.15, 0.2) is 15.8 Å². The molecule has 1 saturated heterocycles. The Labute approximate surface area is 203 Å². The summed E-state index contributed by atoms with van der Waals surface area (Å²) in [7, 11) is -3.17. The maximum atomic E-state index is 11.6. The third-order valence-corrected chi connectivity index (χ3v) is 6.48. The summed E-state index contributed by atoms with van der Waals surface area (Å²) in [6.07, 6.45) is 3.63. The van der Waals surface area contributed by atoms with E-state index in [1.165, 1.54) is 24.7 Å². The number of likely N-dealkylation sites (tertiary alicyclic amines) is 1. The molecule has 0 amide bonds. The van der Waals surface area contributed by atoms with Crippen molar-refractivity contribution in [3.8, 4) is 0 Å². The van der Waals surface area contributed by atoms with Gasteiger partial charge in [-0.05, 0) is 49.6 Å². The molecule has 1 aliphatic rings. The van der Waals surface area contributed by atoms with Crippen molar-refractivity contribution in [2.24, 2.45) is 4.99 Å². The van der Waals surface area contributed by atoms with E-state index in [0.29, 0.717) is 17.5 Å². The van der Waals surface area contributed by atoms with Gasteiger partial charge in [-0.1, -0.05) is 42.5 Å². The average molecular weight is 557 g/mol. The number of hydrogen-bond donors (Lipinski definition) is 2. The zero-order valence-electron chi connectivity index (χ0n) is 18.3. The Bertz CT molecular complexity index is 934. The van der Waals surface area contributed by atoms with Gasteiger partial charge in [0.25, 0.3) is 0 Å². The summed E-state index contributed by atoms with van der Waals surface area (Å²) in [5.41, 5.74) is 2.33. The zero-order valence-corrected chi connectivity index (χ0v) is 21.4. The van der Waals surface area contributed by atoms with E-state index < -0.39 is 9.84 Å². The van der Waals surface area contributed by atoms with Gasteiger partial charge in [-0.3, -0.25) is 4.90 Å². The zero-order chi connectivity index (χ0) is 21.4. The number of guanidine groups is 1. The van der Waals surface area contributed by atoms with Crippen LogP contribution in [0.5, 0.6) is 0 Å². The van der Waals surface area contributed by atoms with Crippen molar-refractivity contribution < 1.29 is 8.42 Å². The van der Waals surface area contributed by atoms with Crippen LogP contribution in [0.15, 0.2) is 64.5 Å². The third-order valence-electron chi connectivity index (χ3n) is 5.35. The minimum Gasteiger partial charge on any atom is -0.357 e. The molecule has 3 rings (SSSR count). The number of benzene rings is 2. The van der Waals surface area contributed by atoms with Crippen LogP contribution in [-0.4, -0.2) is 51.2 Å². The second-order valence-corrected chi connectivity index (χ2v) is 9.76. The number of sulfone groups is 1.